The molecule has 3 aromatic rings. The van der Waals surface area contributed by atoms with Crippen molar-refractivity contribution in [3.8, 4) is 0 Å². The van der Waals surface area contributed by atoms with Crippen molar-refractivity contribution >= 4 is 22.6 Å². The van der Waals surface area contributed by atoms with Gasteiger partial charge >= 0.3 is 5.97 Å². The van der Waals surface area contributed by atoms with Gasteiger partial charge in [0, 0.05) is 12.5 Å². The van der Waals surface area contributed by atoms with Gasteiger partial charge in [0.15, 0.2) is 0 Å². The van der Waals surface area contributed by atoms with Crippen LogP contribution in [0.4, 0.5) is 8.78 Å². The van der Waals surface area contributed by atoms with E-state index in [-0.39, 0.29) is 6.42 Å². The molecular weight excluding hydrogens is 340 g/mol. The SMILES string of the molecule is O=C(N[C@@H](Cc1ccc2ccccc2c1)C(=O)O)c1ccc(F)cc1F. The van der Waals surface area contributed by atoms with Gasteiger partial charge in [-0.05, 0) is 28.5 Å². The minimum Gasteiger partial charge on any atom is -0.480 e. The molecule has 0 aliphatic rings. The molecule has 0 saturated heterocycles. The summed E-state index contributed by atoms with van der Waals surface area (Å²) in [7, 11) is 0. The lowest BCUT2D eigenvalue weighted by atomic mass is 10.0. The first kappa shape index (κ1) is 17.5. The third-order valence-corrected chi connectivity index (χ3v) is 4.03. The lowest BCUT2D eigenvalue weighted by Crippen LogP contribution is -2.42. The van der Waals surface area contributed by atoms with E-state index in [2.05, 4.69) is 5.32 Å². The molecule has 1 atom stereocenters. The zero-order valence-electron chi connectivity index (χ0n) is 13.6. The maximum atomic E-state index is 13.7. The fourth-order valence-corrected chi connectivity index (χ4v) is 2.71. The van der Waals surface area contributed by atoms with Crippen LogP contribution in [0.2, 0.25) is 0 Å². The number of hydrogen-bond donors (Lipinski definition) is 2. The van der Waals surface area contributed by atoms with Crippen molar-refractivity contribution < 1.29 is 23.5 Å². The minimum atomic E-state index is -1.24. The van der Waals surface area contributed by atoms with Crippen LogP contribution < -0.4 is 5.32 Å². The van der Waals surface area contributed by atoms with Gasteiger partial charge in [-0.3, -0.25) is 4.79 Å². The summed E-state index contributed by atoms with van der Waals surface area (Å²) >= 11 is 0. The molecular formula is C20H15F2NO3. The largest absolute Gasteiger partial charge is 0.480 e. The lowest BCUT2D eigenvalue weighted by molar-refractivity contribution is -0.139. The number of fused-ring (bicyclic) bond motifs is 1. The molecule has 0 aromatic heterocycles. The Bertz CT molecular complexity index is 988. The minimum absolute atomic E-state index is 0.0364. The Morgan fingerprint density at radius 2 is 1.69 bits per heavy atom. The van der Waals surface area contributed by atoms with Crippen LogP contribution in [0.25, 0.3) is 10.8 Å². The molecule has 2 N–H and O–H groups in total. The molecule has 1 amide bonds. The quantitative estimate of drug-likeness (QED) is 0.736. The van der Waals surface area contributed by atoms with Crippen LogP contribution in [0.15, 0.2) is 60.7 Å². The third kappa shape index (κ3) is 3.85. The maximum Gasteiger partial charge on any atom is 0.326 e. The highest BCUT2D eigenvalue weighted by molar-refractivity contribution is 5.97. The summed E-state index contributed by atoms with van der Waals surface area (Å²) in [6.07, 6.45) is 0.0364. The molecule has 3 rings (SSSR count). The summed E-state index contributed by atoms with van der Waals surface area (Å²) in [6, 6.07) is 14.4. The maximum absolute atomic E-state index is 13.7. The van der Waals surface area contributed by atoms with Gasteiger partial charge in [0.05, 0.1) is 5.56 Å². The van der Waals surface area contributed by atoms with Gasteiger partial charge in [0.25, 0.3) is 5.91 Å². The monoisotopic (exact) mass is 355 g/mol. The molecule has 0 saturated carbocycles. The number of benzene rings is 3. The molecule has 0 radical (unpaired) electrons. The highest BCUT2D eigenvalue weighted by Crippen LogP contribution is 2.17. The van der Waals surface area contributed by atoms with Crippen molar-refractivity contribution in [1.82, 2.24) is 5.32 Å². The van der Waals surface area contributed by atoms with Crippen LogP contribution in [-0.2, 0) is 11.2 Å². The Morgan fingerprint density at radius 1 is 0.962 bits per heavy atom. The van der Waals surface area contributed by atoms with Crippen LogP contribution >= 0.6 is 0 Å². The second-order valence-electron chi connectivity index (χ2n) is 5.87. The van der Waals surface area contributed by atoms with E-state index < -0.39 is 35.1 Å². The van der Waals surface area contributed by atoms with Gasteiger partial charge in [-0.25, -0.2) is 13.6 Å². The predicted octanol–water partition coefficient (Wildman–Crippen LogP) is 3.54. The van der Waals surface area contributed by atoms with Gasteiger partial charge in [0.2, 0.25) is 0 Å². The van der Waals surface area contributed by atoms with Gasteiger partial charge in [-0.2, -0.15) is 0 Å². The summed E-state index contributed by atoms with van der Waals surface area (Å²) in [5.41, 5.74) is 0.312. The first-order valence-corrected chi connectivity index (χ1v) is 7.90. The Hall–Kier alpha value is -3.28. The van der Waals surface area contributed by atoms with Gasteiger partial charge in [-0.1, -0.05) is 42.5 Å². The van der Waals surface area contributed by atoms with E-state index in [9.17, 15) is 23.5 Å². The predicted molar refractivity (Wildman–Crippen MR) is 92.9 cm³/mol. The highest BCUT2D eigenvalue weighted by atomic mass is 19.1. The summed E-state index contributed by atoms with van der Waals surface area (Å²) in [6.45, 7) is 0. The Labute approximate surface area is 148 Å². The molecule has 0 bridgehead atoms. The summed E-state index contributed by atoms with van der Waals surface area (Å²) in [4.78, 5) is 23.7. The van der Waals surface area contributed by atoms with E-state index in [1.54, 1.807) is 6.07 Å². The van der Waals surface area contributed by atoms with Crippen LogP contribution in [0, 0.1) is 11.6 Å². The van der Waals surface area contributed by atoms with Gasteiger partial charge < -0.3 is 10.4 Å². The van der Waals surface area contributed by atoms with Crippen LogP contribution in [0.5, 0.6) is 0 Å². The number of carboxylic acids is 1. The number of amides is 1. The first-order valence-electron chi connectivity index (χ1n) is 7.90. The number of carbonyl (C=O) groups is 2. The normalized spacial score (nSPS) is 11.9. The van der Waals surface area contributed by atoms with E-state index in [1.807, 2.05) is 36.4 Å². The van der Waals surface area contributed by atoms with E-state index in [0.29, 0.717) is 6.07 Å². The fourth-order valence-electron chi connectivity index (χ4n) is 2.71. The molecule has 26 heavy (non-hydrogen) atoms. The molecule has 0 aliphatic carbocycles. The molecule has 0 unspecified atom stereocenters. The molecule has 0 heterocycles. The van der Waals surface area contributed by atoms with Crippen molar-refractivity contribution in [3.63, 3.8) is 0 Å². The number of carboxylic acid groups (broad SMARTS) is 1. The van der Waals surface area contributed by atoms with E-state index >= 15 is 0 Å². The van der Waals surface area contributed by atoms with E-state index in [4.69, 9.17) is 0 Å². The first-order chi connectivity index (χ1) is 12.4. The molecule has 6 heteroatoms. The number of rotatable bonds is 5. The average molecular weight is 355 g/mol. The summed E-state index contributed by atoms with van der Waals surface area (Å²) in [5.74, 6) is -4.01. The fraction of sp³-hybridized carbons (Fsp3) is 0.100. The molecule has 0 fully saturated rings. The Balaban J connectivity index is 1.80. The topological polar surface area (TPSA) is 66.4 Å². The second-order valence-corrected chi connectivity index (χ2v) is 5.87. The Kier molecular flexibility index (Phi) is 4.93. The van der Waals surface area contributed by atoms with E-state index in [0.717, 1.165) is 28.5 Å². The Morgan fingerprint density at radius 3 is 2.38 bits per heavy atom. The number of aliphatic carboxylic acids is 1. The zero-order valence-corrected chi connectivity index (χ0v) is 13.6. The van der Waals surface area contributed by atoms with Crippen molar-refractivity contribution in [1.29, 1.82) is 0 Å². The van der Waals surface area contributed by atoms with Crippen molar-refractivity contribution in [3.05, 3.63) is 83.4 Å². The smallest absolute Gasteiger partial charge is 0.326 e. The van der Waals surface area contributed by atoms with Crippen LogP contribution in [-0.4, -0.2) is 23.0 Å². The van der Waals surface area contributed by atoms with E-state index in [1.165, 1.54) is 0 Å². The van der Waals surface area contributed by atoms with Crippen molar-refractivity contribution in [2.24, 2.45) is 0 Å². The lowest BCUT2D eigenvalue weighted by Gasteiger charge is -2.15. The number of carbonyl (C=O) groups excluding carboxylic acids is 1. The van der Waals surface area contributed by atoms with Crippen molar-refractivity contribution in [2.75, 3.05) is 0 Å². The molecule has 4 nitrogen and oxygen atoms in total. The number of halogens is 2. The number of hydrogen-bond acceptors (Lipinski definition) is 2. The molecule has 3 aromatic carbocycles. The summed E-state index contributed by atoms with van der Waals surface area (Å²) in [5, 5.41) is 13.6. The standard InChI is InChI=1S/C20H15F2NO3/c21-15-7-8-16(17(22)11-15)19(24)23-18(20(25)26)10-12-5-6-13-3-1-2-4-14(13)9-12/h1-9,11,18H,10H2,(H,23,24)(H,25,26)/t18-/m0/s1. The zero-order chi connectivity index (χ0) is 18.7. The van der Waals surface area contributed by atoms with Gasteiger partial charge in [-0.15, -0.1) is 0 Å². The molecule has 132 valence electrons. The average Bonchev–Trinajstić information content (AvgIpc) is 2.60. The summed E-state index contributed by atoms with van der Waals surface area (Å²) < 4.78 is 26.7. The highest BCUT2D eigenvalue weighted by Gasteiger charge is 2.23. The third-order valence-electron chi connectivity index (χ3n) is 4.03. The molecule has 0 aliphatic heterocycles. The van der Waals surface area contributed by atoms with Crippen LogP contribution in [0.1, 0.15) is 15.9 Å². The number of nitrogens with one attached hydrogen (secondary N) is 1. The van der Waals surface area contributed by atoms with Gasteiger partial charge in [0.1, 0.15) is 17.7 Å². The second kappa shape index (κ2) is 7.31. The van der Waals surface area contributed by atoms with Crippen LogP contribution in [0.3, 0.4) is 0 Å². The van der Waals surface area contributed by atoms with Crippen molar-refractivity contribution in [2.45, 2.75) is 12.5 Å². The molecule has 0 spiro atoms.